The van der Waals surface area contributed by atoms with Gasteiger partial charge in [-0.3, -0.25) is 4.68 Å². The highest BCUT2D eigenvalue weighted by molar-refractivity contribution is 7.89. The summed E-state index contributed by atoms with van der Waals surface area (Å²) in [4.78, 5) is 2.57. The van der Waals surface area contributed by atoms with Crippen LogP contribution >= 0.6 is 0 Å². The highest BCUT2D eigenvalue weighted by Crippen LogP contribution is 2.30. The van der Waals surface area contributed by atoms with Crippen LogP contribution in [0.5, 0.6) is 0 Å². The summed E-state index contributed by atoms with van der Waals surface area (Å²) in [6, 6.07) is 0.0641. The third kappa shape index (κ3) is 3.36. The van der Waals surface area contributed by atoms with Crippen LogP contribution in [-0.2, 0) is 22.5 Å². The second kappa shape index (κ2) is 5.94. The number of hydrogen-bond acceptors (Lipinski definition) is 4. The van der Waals surface area contributed by atoms with Crippen LogP contribution in [0.2, 0.25) is 0 Å². The van der Waals surface area contributed by atoms with Crippen molar-refractivity contribution in [2.24, 2.45) is 7.05 Å². The van der Waals surface area contributed by atoms with Crippen LogP contribution in [-0.4, -0.2) is 60.6 Å². The summed E-state index contributed by atoms with van der Waals surface area (Å²) in [6.07, 6.45) is 3.37. The number of sulfonamides is 1. The first kappa shape index (κ1) is 17.4. The van der Waals surface area contributed by atoms with Crippen molar-refractivity contribution in [2.75, 3.05) is 27.2 Å². The van der Waals surface area contributed by atoms with E-state index in [2.05, 4.69) is 17.0 Å². The summed E-state index contributed by atoms with van der Waals surface area (Å²) in [7, 11) is 2.02. The minimum absolute atomic E-state index is 0.0641. The van der Waals surface area contributed by atoms with E-state index in [9.17, 15) is 8.42 Å². The Kier molecular flexibility index (Phi) is 4.71. The molecule has 0 radical (unpaired) electrons. The van der Waals surface area contributed by atoms with Gasteiger partial charge in [0.25, 0.3) is 0 Å². The number of likely N-dealkylation sites (tertiary alicyclic amines) is 1. The van der Waals surface area contributed by atoms with E-state index in [-0.39, 0.29) is 11.5 Å². The molecular formula is C15H28N4O2S. The molecule has 1 aromatic heterocycles. The standard InChI is InChI=1S/C15H28N4O2S/c1-15(2,3)14-13(11-18(5)16-14)22(20,21)19(6)12-7-9-17(4)10-8-12/h11-12H,7-10H2,1-6H3. The zero-order chi connectivity index (χ0) is 16.7. The number of nitrogens with zero attached hydrogens (tertiary/aromatic N) is 4. The molecule has 1 aromatic rings. The molecule has 0 saturated carbocycles. The first-order valence-corrected chi connectivity index (χ1v) is 9.18. The van der Waals surface area contributed by atoms with Crippen molar-refractivity contribution in [3.8, 4) is 0 Å². The average molecular weight is 328 g/mol. The third-order valence-electron chi connectivity index (χ3n) is 4.36. The molecule has 0 amide bonds. The molecule has 0 unspecified atom stereocenters. The largest absolute Gasteiger partial charge is 0.306 e. The molecule has 22 heavy (non-hydrogen) atoms. The van der Waals surface area contributed by atoms with Gasteiger partial charge in [-0.2, -0.15) is 9.40 Å². The molecule has 126 valence electrons. The molecule has 2 heterocycles. The van der Waals surface area contributed by atoms with Crippen molar-refractivity contribution in [1.82, 2.24) is 19.0 Å². The van der Waals surface area contributed by atoms with E-state index in [1.807, 2.05) is 20.8 Å². The van der Waals surface area contributed by atoms with Gasteiger partial charge >= 0.3 is 0 Å². The van der Waals surface area contributed by atoms with E-state index in [0.29, 0.717) is 10.6 Å². The van der Waals surface area contributed by atoms with Crippen LogP contribution in [0, 0.1) is 0 Å². The summed E-state index contributed by atoms with van der Waals surface area (Å²) >= 11 is 0. The SMILES string of the molecule is CN1CCC(N(C)S(=O)(=O)c2cn(C)nc2C(C)(C)C)CC1. The lowest BCUT2D eigenvalue weighted by molar-refractivity contribution is 0.197. The van der Waals surface area contributed by atoms with Gasteiger partial charge < -0.3 is 4.90 Å². The second-order valence-corrected chi connectivity index (χ2v) is 9.29. The summed E-state index contributed by atoms with van der Waals surface area (Å²) in [5.41, 5.74) is 0.326. The average Bonchev–Trinajstić information content (AvgIpc) is 2.82. The summed E-state index contributed by atoms with van der Waals surface area (Å²) in [6.45, 7) is 7.84. The molecule has 7 heteroatoms. The highest BCUT2D eigenvalue weighted by atomic mass is 32.2. The molecule has 2 rings (SSSR count). The monoisotopic (exact) mass is 328 g/mol. The van der Waals surface area contributed by atoms with E-state index in [0.717, 1.165) is 25.9 Å². The molecule has 1 saturated heterocycles. The van der Waals surface area contributed by atoms with Gasteiger partial charge in [0, 0.05) is 31.7 Å². The van der Waals surface area contributed by atoms with Gasteiger partial charge in [-0.05, 0) is 33.0 Å². The number of aryl methyl sites for hydroxylation is 1. The normalized spacial score (nSPS) is 19.0. The van der Waals surface area contributed by atoms with Crippen molar-refractivity contribution < 1.29 is 8.42 Å². The zero-order valence-corrected chi connectivity index (χ0v) is 15.3. The molecule has 1 aliphatic rings. The Morgan fingerprint density at radius 2 is 1.77 bits per heavy atom. The van der Waals surface area contributed by atoms with Crippen LogP contribution in [0.3, 0.4) is 0 Å². The summed E-state index contributed by atoms with van der Waals surface area (Å²) < 4.78 is 29.2. The van der Waals surface area contributed by atoms with E-state index in [1.165, 1.54) is 0 Å². The molecule has 0 N–H and O–H groups in total. The molecule has 1 fully saturated rings. The van der Waals surface area contributed by atoms with E-state index >= 15 is 0 Å². The zero-order valence-electron chi connectivity index (χ0n) is 14.5. The Balaban J connectivity index is 2.34. The molecule has 0 atom stereocenters. The van der Waals surface area contributed by atoms with Gasteiger partial charge in [0.1, 0.15) is 4.90 Å². The fourth-order valence-corrected chi connectivity index (χ4v) is 4.68. The Morgan fingerprint density at radius 1 is 1.23 bits per heavy atom. The Labute approximate surface area is 134 Å². The van der Waals surface area contributed by atoms with Gasteiger partial charge in [0.15, 0.2) is 0 Å². The van der Waals surface area contributed by atoms with Crippen LogP contribution in [0.1, 0.15) is 39.3 Å². The minimum Gasteiger partial charge on any atom is -0.306 e. The maximum Gasteiger partial charge on any atom is 0.246 e. The molecule has 1 aliphatic heterocycles. The molecule has 0 aromatic carbocycles. The number of piperidine rings is 1. The summed E-state index contributed by atoms with van der Waals surface area (Å²) in [5.74, 6) is 0. The first-order chi connectivity index (χ1) is 10.0. The second-order valence-electron chi connectivity index (χ2n) is 7.32. The smallest absolute Gasteiger partial charge is 0.246 e. The Hall–Kier alpha value is -0.920. The minimum atomic E-state index is -3.52. The summed E-state index contributed by atoms with van der Waals surface area (Å²) in [5, 5.41) is 4.39. The van der Waals surface area contributed by atoms with Gasteiger partial charge in [-0.15, -0.1) is 0 Å². The van der Waals surface area contributed by atoms with Crippen molar-refractivity contribution in [1.29, 1.82) is 0 Å². The molecule has 0 bridgehead atoms. The van der Waals surface area contributed by atoms with Crippen LogP contribution in [0.25, 0.3) is 0 Å². The molecule has 0 spiro atoms. The maximum absolute atomic E-state index is 13.1. The van der Waals surface area contributed by atoms with E-state index < -0.39 is 10.0 Å². The third-order valence-corrected chi connectivity index (χ3v) is 6.28. The van der Waals surface area contributed by atoms with Crippen LogP contribution in [0.15, 0.2) is 11.1 Å². The van der Waals surface area contributed by atoms with Gasteiger partial charge in [0.05, 0.1) is 5.69 Å². The topological polar surface area (TPSA) is 58.4 Å². The predicted octanol–water partition coefficient (Wildman–Crippen LogP) is 1.43. The van der Waals surface area contributed by atoms with Crippen molar-refractivity contribution in [2.45, 2.75) is 50.0 Å². The lowest BCUT2D eigenvalue weighted by Gasteiger charge is -2.34. The first-order valence-electron chi connectivity index (χ1n) is 7.74. The molecular weight excluding hydrogens is 300 g/mol. The quantitative estimate of drug-likeness (QED) is 0.842. The van der Waals surface area contributed by atoms with Crippen LogP contribution in [0.4, 0.5) is 0 Å². The highest BCUT2D eigenvalue weighted by Gasteiger charge is 2.35. The number of hydrogen-bond donors (Lipinski definition) is 0. The molecule has 0 aliphatic carbocycles. The van der Waals surface area contributed by atoms with Crippen molar-refractivity contribution in [3.05, 3.63) is 11.9 Å². The van der Waals surface area contributed by atoms with Gasteiger partial charge in [-0.25, -0.2) is 8.42 Å². The van der Waals surface area contributed by atoms with Crippen LogP contribution < -0.4 is 0 Å². The maximum atomic E-state index is 13.1. The van der Waals surface area contributed by atoms with Crippen molar-refractivity contribution in [3.63, 3.8) is 0 Å². The Bertz CT molecular complexity index is 622. The Morgan fingerprint density at radius 3 is 2.27 bits per heavy atom. The lowest BCUT2D eigenvalue weighted by Crippen LogP contribution is -2.44. The van der Waals surface area contributed by atoms with E-state index in [4.69, 9.17) is 0 Å². The van der Waals surface area contributed by atoms with E-state index in [1.54, 1.807) is 29.3 Å². The lowest BCUT2D eigenvalue weighted by atomic mass is 9.92. The fourth-order valence-electron chi connectivity index (χ4n) is 2.89. The fraction of sp³-hybridized carbons (Fsp3) is 0.800. The predicted molar refractivity (Wildman–Crippen MR) is 87.4 cm³/mol. The number of aromatic nitrogens is 2. The van der Waals surface area contributed by atoms with Gasteiger partial charge in [-0.1, -0.05) is 20.8 Å². The molecule has 6 nitrogen and oxygen atoms in total. The number of rotatable bonds is 3. The van der Waals surface area contributed by atoms with Gasteiger partial charge in [0.2, 0.25) is 10.0 Å². The van der Waals surface area contributed by atoms with Crippen molar-refractivity contribution >= 4 is 10.0 Å².